The topological polar surface area (TPSA) is 37.3 Å². The monoisotopic (exact) mass is 154 g/mol. The lowest BCUT2D eigenvalue weighted by Crippen LogP contribution is -2.16. The van der Waals surface area contributed by atoms with Crippen molar-refractivity contribution in [2.24, 2.45) is 11.8 Å². The molecule has 0 bridgehead atoms. The molecule has 0 saturated carbocycles. The Morgan fingerprint density at radius 2 is 2.45 bits per heavy atom. The summed E-state index contributed by atoms with van der Waals surface area (Å²) in [7, 11) is 0. The summed E-state index contributed by atoms with van der Waals surface area (Å²) in [5.41, 5.74) is 0. The molecule has 0 amide bonds. The van der Waals surface area contributed by atoms with Gasteiger partial charge in [0, 0.05) is 6.42 Å². The zero-order valence-electron chi connectivity index (χ0n) is 6.79. The highest BCUT2D eigenvalue weighted by Crippen LogP contribution is 2.26. The number of hydrogen-bond donors (Lipinski definition) is 1. The highest BCUT2D eigenvalue weighted by molar-refractivity contribution is 5.67. The van der Waals surface area contributed by atoms with Crippen LogP contribution in [-0.4, -0.2) is 11.1 Å². The summed E-state index contributed by atoms with van der Waals surface area (Å²) in [4.78, 5) is 10.4. The van der Waals surface area contributed by atoms with Crippen molar-refractivity contribution in [2.75, 3.05) is 0 Å². The van der Waals surface area contributed by atoms with Crippen molar-refractivity contribution in [3.63, 3.8) is 0 Å². The van der Waals surface area contributed by atoms with Gasteiger partial charge in [0.05, 0.1) is 0 Å². The molecule has 11 heavy (non-hydrogen) atoms. The van der Waals surface area contributed by atoms with Crippen molar-refractivity contribution in [1.29, 1.82) is 0 Å². The molecule has 2 heteroatoms. The van der Waals surface area contributed by atoms with Crippen LogP contribution in [-0.2, 0) is 4.79 Å². The lowest BCUT2D eigenvalue weighted by Gasteiger charge is -2.22. The second-order valence-electron chi connectivity index (χ2n) is 3.22. The molecule has 0 unspecified atom stereocenters. The molecule has 0 radical (unpaired) electrons. The zero-order chi connectivity index (χ0) is 8.27. The highest BCUT2D eigenvalue weighted by atomic mass is 16.4. The predicted molar refractivity (Wildman–Crippen MR) is 43.3 cm³/mol. The number of rotatable bonds is 2. The number of allylic oxidation sites excluding steroid dienone is 2. The minimum atomic E-state index is -0.669. The zero-order valence-corrected chi connectivity index (χ0v) is 6.79. The molecule has 0 heterocycles. The summed E-state index contributed by atoms with van der Waals surface area (Å²) in [6, 6.07) is 0. The molecule has 62 valence electrons. The average molecular weight is 154 g/mol. The molecule has 0 aliphatic heterocycles. The predicted octanol–water partition coefficient (Wildman–Crippen LogP) is 2.06. The van der Waals surface area contributed by atoms with E-state index in [0.29, 0.717) is 18.3 Å². The molecule has 1 aliphatic rings. The smallest absolute Gasteiger partial charge is 0.303 e. The number of carboxylic acid groups (broad SMARTS) is 1. The Hall–Kier alpha value is -0.790. The van der Waals surface area contributed by atoms with Crippen LogP contribution < -0.4 is 0 Å². The van der Waals surface area contributed by atoms with Crippen LogP contribution in [0.3, 0.4) is 0 Å². The van der Waals surface area contributed by atoms with Gasteiger partial charge in [0.15, 0.2) is 0 Å². The molecule has 1 rings (SSSR count). The van der Waals surface area contributed by atoms with Gasteiger partial charge in [-0.25, -0.2) is 0 Å². The van der Waals surface area contributed by atoms with E-state index in [1.165, 1.54) is 0 Å². The fourth-order valence-corrected chi connectivity index (χ4v) is 1.55. The van der Waals surface area contributed by atoms with Crippen molar-refractivity contribution in [2.45, 2.75) is 26.2 Å². The number of hydrogen-bond acceptors (Lipinski definition) is 1. The van der Waals surface area contributed by atoms with E-state index in [2.05, 4.69) is 19.1 Å². The summed E-state index contributed by atoms with van der Waals surface area (Å²) in [6.07, 6.45) is 6.66. The summed E-state index contributed by atoms with van der Waals surface area (Å²) in [5.74, 6) is 0.134. The summed E-state index contributed by atoms with van der Waals surface area (Å²) in [6.45, 7) is 2.09. The lowest BCUT2D eigenvalue weighted by atomic mass is 9.83. The molecular formula is C9H14O2. The largest absolute Gasteiger partial charge is 0.481 e. The Balaban J connectivity index is 2.45. The molecule has 0 aromatic heterocycles. The van der Waals surface area contributed by atoms with Gasteiger partial charge in [0.25, 0.3) is 0 Å². The van der Waals surface area contributed by atoms with E-state index < -0.39 is 5.97 Å². The van der Waals surface area contributed by atoms with Gasteiger partial charge < -0.3 is 5.11 Å². The Morgan fingerprint density at radius 3 is 3.00 bits per heavy atom. The number of carbonyl (C=O) groups is 1. The van der Waals surface area contributed by atoms with Gasteiger partial charge in [0.2, 0.25) is 0 Å². The SMILES string of the molecule is C[C@@H]1C=CCC[C@H]1CC(=O)O. The third-order valence-electron chi connectivity index (χ3n) is 2.32. The molecule has 2 nitrogen and oxygen atoms in total. The maximum Gasteiger partial charge on any atom is 0.303 e. The van der Waals surface area contributed by atoms with Crippen LogP contribution in [0.1, 0.15) is 26.2 Å². The number of aliphatic carboxylic acids is 1. The van der Waals surface area contributed by atoms with E-state index in [-0.39, 0.29) is 0 Å². The summed E-state index contributed by atoms with van der Waals surface area (Å²) < 4.78 is 0. The van der Waals surface area contributed by atoms with E-state index >= 15 is 0 Å². The van der Waals surface area contributed by atoms with Gasteiger partial charge >= 0.3 is 5.97 Å². The van der Waals surface area contributed by atoms with Crippen molar-refractivity contribution in [3.8, 4) is 0 Å². The Bertz CT molecular complexity index is 172. The molecule has 1 aliphatic carbocycles. The molecule has 0 spiro atoms. The Morgan fingerprint density at radius 1 is 1.73 bits per heavy atom. The van der Waals surface area contributed by atoms with Crippen molar-refractivity contribution in [1.82, 2.24) is 0 Å². The van der Waals surface area contributed by atoms with Gasteiger partial charge in [-0.05, 0) is 24.7 Å². The van der Waals surface area contributed by atoms with Crippen molar-refractivity contribution < 1.29 is 9.90 Å². The molecule has 0 aromatic rings. The van der Waals surface area contributed by atoms with Crippen LogP contribution in [0.25, 0.3) is 0 Å². The minimum absolute atomic E-state index is 0.325. The quantitative estimate of drug-likeness (QED) is 0.618. The van der Waals surface area contributed by atoms with Gasteiger partial charge in [-0.3, -0.25) is 4.79 Å². The van der Waals surface area contributed by atoms with Crippen LogP contribution >= 0.6 is 0 Å². The van der Waals surface area contributed by atoms with E-state index in [4.69, 9.17) is 5.11 Å². The standard InChI is InChI=1S/C9H14O2/c1-7-4-2-3-5-8(7)6-9(10)11/h2,4,7-8H,3,5-6H2,1H3,(H,10,11)/t7-,8+/m1/s1. The molecule has 0 saturated heterocycles. The Labute approximate surface area is 66.9 Å². The third kappa shape index (κ3) is 2.37. The second kappa shape index (κ2) is 3.56. The van der Waals surface area contributed by atoms with E-state index in [1.54, 1.807) is 0 Å². The molecule has 2 atom stereocenters. The minimum Gasteiger partial charge on any atom is -0.481 e. The highest BCUT2D eigenvalue weighted by Gasteiger charge is 2.19. The second-order valence-corrected chi connectivity index (χ2v) is 3.22. The average Bonchev–Trinajstić information content (AvgIpc) is 1.93. The molecule has 0 fully saturated rings. The van der Waals surface area contributed by atoms with Crippen molar-refractivity contribution >= 4 is 5.97 Å². The first-order valence-electron chi connectivity index (χ1n) is 4.08. The Kier molecular flexibility index (Phi) is 2.69. The van der Waals surface area contributed by atoms with E-state index in [9.17, 15) is 4.79 Å². The first-order valence-corrected chi connectivity index (χ1v) is 4.08. The van der Waals surface area contributed by atoms with Crippen LogP contribution in [0.4, 0.5) is 0 Å². The molecule has 0 aromatic carbocycles. The van der Waals surface area contributed by atoms with Crippen molar-refractivity contribution in [3.05, 3.63) is 12.2 Å². The van der Waals surface area contributed by atoms with Crippen LogP contribution in [0.5, 0.6) is 0 Å². The van der Waals surface area contributed by atoms with Crippen LogP contribution in [0.15, 0.2) is 12.2 Å². The fourth-order valence-electron chi connectivity index (χ4n) is 1.55. The van der Waals surface area contributed by atoms with Gasteiger partial charge in [0.1, 0.15) is 0 Å². The van der Waals surface area contributed by atoms with Gasteiger partial charge in [-0.1, -0.05) is 19.1 Å². The molecular weight excluding hydrogens is 140 g/mol. The first kappa shape index (κ1) is 8.31. The third-order valence-corrected chi connectivity index (χ3v) is 2.32. The van der Waals surface area contributed by atoms with Crippen LogP contribution in [0, 0.1) is 11.8 Å². The van der Waals surface area contributed by atoms with E-state index in [0.717, 1.165) is 12.8 Å². The normalized spacial score (nSPS) is 30.3. The maximum absolute atomic E-state index is 10.4. The lowest BCUT2D eigenvalue weighted by molar-refractivity contribution is -0.138. The first-order chi connectivity index (χ1) is 5.20. The van der Waals surface area contributed by atoms with Crippen LogP contribution in [0.2, 0.25) is 0 Å². The summed E-state index contributed by atoms with van der Waals surface area (Å²) in [5, 5.41) is 8.56. The number of carboxylic acids is 1. The molecule has 1 N–H and O–H groups in total. The van der Waals surface area contributed by atoms with E-state index in [1.807, 2.05) is 0 Å². The van der Waals surface area contributed by atoms with Gasteiger partial charge in [-0.2, -0.15) is 0 Å². The maximum atomic E-state index is 10.4. The fraction of sp³-hybridized carbons (Fsp3) is 0.667. The van der Waals surface area contributed by atoms with Gasteiger partial charge in [-0.15, -0.1) is 0 Å². The summed E-state index contributed by atoms with van der Waals surface area (Å²) >= 11 is 0.